The van der Waals surface area contributed by atoms with Crippen molar-refractivity contribution < 1.29 is 5.11 Å². The molecule has 144 valence electrons. The van der Waals surface area contributed by atoms with Crippen LogP contribution >= 0.6 is 0 Å². The summed E-state index contributed by atoms with van der Waals surface area (Å²) in [6.45, 7) is 1.87. The van der Waals surface area contributed by atoms with Crippen LogP contribution in [-0.4, -0.2) is 52.2 Å². The molecule has 1 aromatic carbocycles. The van der Waals surface area contributed by atoms with Crippen molar-refractivity contribution in [3.05, 3.63) is 47.7 Å². The highest BCUT2D eigenvalue weighted by Crippen LogP contribution is 2.23. The van der Waals surface area contributed by atoms with Crippen molar-refractivity contribution >= 4 is 34.7 Å². The van der Waals surface area contributed by atoms with E-state index < -0.39 is 0 Å². The fourth-order valence-corrected chi connectivity index (χ4v) is 3.41. The van der Waals surface area contributed by atoms with Crippen LogP contribution in [0.5, 0.6) is 0 Å². The van der Waals surface area contributed by atoms with Gasteiger partial charge in [0.1, 0.15) is 11.6 Å². The number of fused-ring (bicyclic) bond motifs is 1. The third kappa shape index (κ3) is 3.80. The summed E-state index contributed by atoms with van der Waals surface area (Å²) in [6, 6.07) is 9.82. The lowest BCUT2D eigenvalue weighted by Gasteiger charge is -2.17. The van der Waals surface area contributed by atoms with Gasteiger partial charge in [-0.1, -0.05) is 12.1 Å². The molecule has 1 aliphatic rings. The molecule has 1 N–H and O–H groups in total. The van der Waals surface area contributed by atoms with E-state index in [2.05, 4.69) is 24.8 Å². The van der Waals surface area contributed by atoms with Crippen molar-refractivity contribution in [1.82, 2.24) is 19.9 Å². The zero-order chi connectivity index (χ0) is 19.5. The van der Waals surface area contributed by atoms with Gasteiger partial charge in [0.2, 0.25) is 0 Å². The first-order valence-corrected chi connectivity index (χ1v) is 9.50. The van der Waals surface area contributed by atoms with Crippen LogP contribution in [0.25, 0.3) is 23.1 Å². The molecule has 0 bridgehead atoms. The molecule has 3 aromatic rings. The Morgan fingerprint density at radius 2 is 1.71 bits per heavy atom. The average molecular weight is 376 g/mol. The summed E-state index contributed by atoms with van der Waals surface area (Å²) >= 11 is 0. The van der Waals surface area contributed by atoms with E-state index in [1.807, 2.05) is 61.5 Å². The topological polar surface area (TPSA) is 78.3 Å². The van der Waals surface area contributed by atoms with Gasteiger partial charge >= 0.3 is 0 Å². The third-order valence-electron chi connectivity index (χ3n) is 4.78. The Morgan fingerprint density at radius 1 is 1.00 bits per heavy atom. The van der Waals surface area contributed by atoms with Crippen LogP contribution in [0.1, 0.15) is 30.2 Å². The van der Waals surface area contributed by atoms with Gasteiger partial charge in [0, 0.05) is 38.6 Å². The molecule has 1 fully saturated rings. The number of aliphatic hydroxyl groups is 1. The molecule has 0 unspecified atom stereocenters. The van der Waals surface area contributed by atoms with E-state index >= 15 is 0 Å². The Balaban J connectivity index is 1.70. The summed E-state index contributed by atoms with van der Waals surface area (Å²) in [5.41, 5.74) is 1.51. The van der Waals surface area contributed by atoms with Crippen LogP contribution < -0.4 is 9.80 Å². The van der Waals surface area contributed by atoms with E-state index in [-0.39, 0.29) is 6.61 Å². The number of nitrogens with zero attached hydrogens (tertiary/aromatic N) is 6. The minimum Gasteiger partial charge on any atom is -0.390 e. The number of hydrogen-bond acceptors (Lipinski definition) is 7. The third-order valence-corrected chi connectivity index (χ3v) is 4.78. The summed E-state index contributed by atoms with van der Waals surface area (Å²) in [5, 5.41) is 10.6. The second kappa shape index (κ2) is 7.90. The maximum Gasteiger partial charge on any atom is 0.155 e. The number of benzene rings is 1. The van der Waals surface area contributed by atoms with Crippen LogP contribution in [0, 0.1) is 0 Å². The van der Waals surface area contributed by atoms with E-state index in [1.165, 1.54) is 12.8 Å². The minimum atomic E-state index is -0.110. The highest BCUT2D eigenvalue weighted by molar-refractivity contribution is 5.90. The number of rotatable bonds is 5. The Bertz CT molecular complexity index is 1010. The van der Waals surface area contributed by atoms with Gasteiger partial charge in [0.25, 0.3) is 0 Å². The predicted octanol–water partition coefficient (Wildman–Crippen LogP) is 2.75. The normalized spacial score (nSPS) is 14.3. The summed E-state index contributed by atoms with van der Waals surface area (Å²) in [4.78, 5) is 22.6. The number of hydrogen-bond donors (Lipinski definition) is 1. The fraction of sp³-hybridized carbons (Fsp3) is 0.333. The second-order valence-electron chi connectivity index (χ2n) is 7.08. The van der Waals surface area contributed by atoms with Gasteiger partial charge in [-0.05, 0) is 37.1 Å². The molecular weight excluding hydrogens is 352 g/mol. The molecule has 7 nitrogen and oxygen atoms in total. The molecule has 0 saturated carbocycles. The molecule has 1 saturated heterocycles. The van der Waals surface area contributed by atoms with Gasteiger partial charge < -0.3 is 14.9 Å². The lowest BCUT2D eigenvalue weighted by Crippen LogP contribution is -2.20. The van der Waals surface area contributed by atoms with E-state index in [1.54, 1.807) is 0 Å². The standard InChI is InChI=1S/C21H24N6O/c1-26(2)21-16-7-3-4-8-17(16)23-19(25-21)10-9-18-22-15(14-28)13-20(24-18)27-11-5-6-12-27/h3-4,7-10,13,28H,5-6,11-12,14H2,1-2H3/b10-9+. The van der Waals surface area contributed by atoms with E-state index in [4.69, 9.17) is 0 Å². The maximum atomic E-state index is 9.57. The lowest BCUT2D eigenvalue weighted by molar-refractivity contribution is 0.276. The van der Waals surface area contributed by atoms with Gasteiger partial charge in [-0.3, -0.25) is 0 Å². The van der Waals surface area contributed by atoms with Gasteiger partial charge in [0.15, 0.2) is 11.6 Å². The molecule has 0 spiro atoms. The van der Waals surface area contributed by atoms with Crippen LogP contribution in [0.15, 0.2) is 30.3 Å². The number of para-hydroxylation sites is 1. The Hall–Kier alpha value is -3.06. The first kappa shape index (κ1) is 18.3. The zero-order valence-corrected chi connectivity index (χ0v) is 16.2. The summed E-state index contributed by atoms with van der Waals surface area (Å²) < 4.78 is 0. The van der Waals surface area contributed by atoms with Crippen molar-refractivity contribution in [2.45, 2.75) is 19.4 Å². The molecule has 28 heavy (non-hydrogen) atoms. The Labute approximate surface area is 164 Å². The van der Waals surface area contributed by atoms with E-state index in [9.17, 15) is 5.11 Å². The highest BCUT2D eigenvalue weighted by atomic mass is 16.3. The zero-order valence-electron chi connectivity index (χ0n) is 16.2. The first-order chi connectivity index (χ1) is 13.6. The summed E-state index contributed by atoms with van der Waals surface area (Å²) in [7, 11) is 3.94. The Morgan fingerprint density at radius 3 is 2.43 bits per heavy atom. The molecule has 0 atom stereocenters. The van der Waals surface area contributed by atoms with Gasteiger partial charge in [-0.25, -0.2) is 19.9 Å². The summed E-state index contributed by atoms with van der Waals surface area (Å²) in [5.74, 6) is 2.89. The van der Waals surface area contributed by atoms with Crippen molar-refractivity contribution in [2.24, 2.45) is 0 Å². The van der Waals surface area contributed by atoms with Crippen molar-refractivity contribution in [3.8, 4) is 0 Å². The Kier molecular flexibility index (Phi) is 5.16. The molecule has 3 heterocycles. The van der Waals surface area contributed by atoms with Crippen molar-refractivity contribution in [1.29, 1.82) is 0 Å². The number of anilines is 2. The second-order valence-corrected chi connectivity index (χ2v) is 7.08. The van der Waals surface area contributed by atoms with Crippen molar-refractivity contribution in [2.75, 3.05) is 37.0 Å². The number of aliphatic hydroxyl groups excluding tert-OH is 1. The van der Waals surface area contributed by atoms with Gasteiger partial charge in [-0.2, -0.15) is 0 Å². The molecular formula is C21H24N6O. The molecule has 0 aliphatic carbocycles. The fourth-order valence-electron chi connectivity index (χ4n) is 3.41. The van der Waals surface area contributed by atoms with Crippen LogP contribution in [0.3, 0.4) is 0 Å². The average Bonchev–Trinajstić information content (AvgIpc) is 3.26. The maximum absolute atomic E-state index is 9.57. The highest BCUT2D eigenvalue weighted by Gasteiger charge is 2.15. The van der Waals surface area contributed by atoms with Gasteiger partial charge in [0.05, 0.1) is 17.8 Å². The molecule has 0 radical (unpaired) electrons. The molecule has 0 amide bonds. The van der Waals surface area contributed by atoms with Crippen LogP contribution in [-0.2, 0) is 6.61 Å². The molecule has 7 heteroatoms. The quantitative estimate of drug-likeness (QED) is 0.733. The van der Waals surface area contributed by atoms with Crippen LogP contribution in [0.4, 0.5) is 11.6 Å². The molecule has 4 rings (SSSR count). The van der Waals surface area contributed by atoms with Crippen LogP contribution in [0.2, 0.25) is 0 Å². The molecule has 1 aliphatic heterocycles. The van der Waals surface area contributed by atoms with E-state index in [0.717, 1.165) is 35.6 Å². The largest absolute Gasteiger partial charge is 0.390 e. The monoisotopic (exact) mass is 376 g/mol. The first-order valence-electron chi connectivity index (χ1n) is 9.50. The van der Waals surface area contributed by atoms with E-state index in [0.29, 0.717) is 17.3 Å². The smallest absolute Gasteiger partial charge is 0.155 e. The SMILES string of the molecule is CN(C)c1nc(/C=C/c2nc(CO)cc(N3CCCC3)n2)nc2ccccc12. The lowest BCUT2D eigenvalue weighted by atomic mass is 10.2. The number of aromatic nitrogens is 4. The minimum absolute atomic E-state index is 0.110. The summed E-state index contributed by atoms with van der Waals surface area (Å²) in [6.07, 6.45) is 5.97. The predicted molar refractivity (Wildman–Crippen MR) is 112 cm³/mol. The van der Waals surface area contributed by atoms with Crippen molar-refractivity contribution in [3.63, 3.8) is 0 Å². The van der Waals surface area contributed by atoms with Gasteiger partial charge in [-0.15, -0.1) is 0 Å². The molecule has 2 aromatic heterocycles.